The van der Waals surface area contributed by atoms with Gasteiger partial charge in [-0.3, -0.25) is 10.2 Å². The smallest absolute Gasteiger partial charge is 0.338 e. The van der Waals surface area contributed by atoms with Crippen LogP contribution in [-0.2, 0) is 9.53 Å². The Hall–Kier alpha value is -3.92. The van der Waals surface area contributed by atoms with Gasteiger partial charge in [0.2, 0.25) is 5.13 Å². The molecule has 0 radical (unpaired) electrons. The highest BCUT2D eigenvalue weighted by atomic mass is 32.1. The number of carbonyl (C=O) groups excluding carboxylic acids is 2. The molecule has 0 unspecified atom stereocenters. The third-order valence-electron chi connectivity index (χ3n) is 3.84. The molecule has 3 rings (SSSR count). The van der Waals surface area contributed by atoms with Crippen molar-refractivity contribution in [3.05, 3.63) is 65.0 Å². The molecule has 4 N–H and O–H groups in total. The van der Waals surface area contributed by atoms with Gasteiger partial charge < -0.3 is 20.5 Å². The summed E-state index contributed by atoms with van der Waals surface area (Å²) in [4.78, 5) is 27.9. The van der Waals surface area contributed by atoms with Crippen molar-refractivity contribution >= 4 is 46.1 Å². The maximum atomic E-state index is 12.2. The summed E-state index contributed by atoms with van der Waals surface area (Å²) in [5, 5.41) is 9.11. The zero-order chi connectivity index (χ0) is 22.1. The van der Waals surface area contributed by atoms with Crippen molar-refractivity contribution in [2.24, 2.45) is 5.10 Å². The van der Waals surface area contributed by atoms with E-state index in [9.17, 15) is 9.59 Å². The van der Waals surface area contributed by atoms with Gasteiger partial charge in [-0.2, -0.15) is 5.10 Å². The number of nitrogens with zero attached hydrogens (tertiary/aromatic N) is 2. The van der Waals surface area contributed by atoms with Crippen LogP contribution in [0.5, 0.6) is 5.75 Å². The number of nitrogens with two attached hydrogens (primary N) is 1. The molecule has 0 aliphatic carbocycles. The van der Waals surface area contributed by atoms with Crippen molar-refractivity contribution in [3.8, 4) is 5.75 Å². The second kappa shape index (κ2) is 10.7. The first-order valence-electron chi connectivity index (χ1n) is 9.34. The summed E-state index contributed by atoms with van der Waals surface area (Å²) in [6.07, 6.45) is 1.57. The van der Waals surface area contributed by atoms with Crippen molar-refractivity contribution in [2.45, 2.75) is 6.92 Å². The predicted octanol–water partition coefficient (Wildman–Crippen LogP) is 3.37. The minimum atomic E-state index is -0.408. The second-order valence-electron chi connectivity index (χ2n) is 6.12. The number of benzene rings is 2. The molecule has 9 nitrogen and oxygen atoms in total. The van der Waals surface area contributed by atoms with E-state index in [1.54, 1.807) is 54.9 Å². The molecule has 3 aromatic rings. The van der Waals surface area contributed by atoms with Crippen molar-refractivity contribution < 1.29 is 19.1 Å². The number of hydrazone groups is 1. The number of ether oxygens (including phenoxy) is 2. The molecule has 1 heterocycles. The molecule has 1 amide bonds. The van der Waals surface area contributed by atoms with Crippen LogP contribution in [0.4, 0.5) is 16.6 Å². The lowest BCUT2D eigenvalue weighted by Crippen LogP contribution is -2.20. The van der Waals surface area contributed by atoms with E-state index < -0.39 is 5.97 Å². The van der Waals surface area contributed by atoms with Crippen molar-refractivity contribution in [3.63, 3.8) is 0 Å². The van der Waals surface area contributed by atoms with Gasteiger partial charge in [-0.1, -0.05) is 12.1 Å². The highest BCUT2D eigenvalue weighted by Gasteiger charge is 2.09. The highest BCUT2D eigenvalue weighted by molar-refractivity contribution is 7.14. The average Bonchev–Trinajstić information content (AvgIpc) is 3.18. The van der Waals surface area contributed by atoms with Gasteiger partial charge >= 0.3 is 5.97 Å². The number of amides is 1. The topological polar surface area (TPSA) is 128 Å². The third kappa shape index (κ3) is 6.54. The van der Waals surface area contributed by atoms with Gasteiger partial charge in [-0.15, -0.1) is 11.3 Å². The molecule has 0 bridgehead atoms. The van der Waals surface area contributed by atoms with E-state index >= 15 is 0 Å². The first-order valence-corrected chi connectivity index (χ1v) is 10.2. The molecule has 0 saturated heterocycles. The van der Waals surface area contributed by atoms with E-state index in [-0.39, 0.29) is 12.5 Å². The average molecular weight is 439 g/mol. The van der Waals surface area contributed by atoms with Crippen LogP contribution in [0.3, 0.4) is 0 Å². The van der Waals surface area contributed by atoms with E-state index in [1.165, 1.54) is 11.3 Å². The van der Waals surface area contributed by atoms with Crippen LogP contribution in [0.2, 0.25) is 0 Å². The maximum Gasteiger partial charge on any atom is 0.338 e. The van der Waals surface area contributed by atoms with Crippen LogP contribution in [0.25, 0.3) is 0 Å². The van der Waals surface area contributed by atoms with Crippen molar-refractivity contribution in [1.82, 2.24) is 4.98 Å². The molecule has 1 aromatic heterocycles. The fourth-order valence-electron chi connectivity index (χ4n) is 2.46. The molecule has 160 valence electrons. The largest absolute Gasteiger partial charge is 0.483 e. The van der Waals surface area contributed by atoms with E-state index in [0.717, 1.165) is 0 Å². The zero-order valence-corrected chi connectivity index (χ0v) is 17.5. The van der Waals surface area contributed by atoms with Crippen molar-refractivity contribution in [2.75, 3.05) is 29.7 Å². The second-order valence-corrected chi connectivity index (χ2v) is 6.98. The zero-order valence-electron chi connectivity index (χ0n) is 16.7. The summed E-state index contributed by atoms with van der Waals surface area (Å²) in [5.41, 5.74) is 10.0. The van der Waals surface area contributed by atoms with Crippen LogP contribution < -0.4 is 21.2 Å². The number of rotatable bonds is 9. The minimum absolute atomic E-state index is 0.194. The standard InChI is InChI=1S/C21H21N5O4S/c1-2-29-20(28)14-7-9-16(10-8-14)24-19(27)12-30-17-6-4-3-5-15(17)11-23-26-21-25-18(22)13-31-21/h3-11,13H,2,12,22H2,1H3,(H,24,27)(H,25,26). The Morgan fingerprint density at radius 3 is 2.68 bits per heavy atom. The molecule has 0 atom stereocenters. The number of hydrogen-bond donors (Lipinski definition) is 3. The molecule has 2 aromatic carbocycles. The van der Waals surface area contributed by atoms with Gasteiger partial charge in [0, 0.05) is 16.6 Å². The Kier molecular flexibility index (Phi) is 7.55. The minimum Gasteiger partial charge on any atom is -0.483 e. The van der Waals surface area contributed by atoms with Gasteiger partial charge in [-0.25, -0.2) is 9.78 Å². The van der Waals surface area contributed by atoms with Gasteiger partial charge in [0.1, 0.15) is 11.6 Å². The Morgan fingerprint density at radius 2 is 1.97 bits per heavy atom. The van der Waals surface area contributed by atoms with E-state index in [2.05, 4.69) is 20.8 Å². The van der Waals surface area contributed by atoms with E-state index in [4.69, 9.17) is 15.2 Å². The maximum absolute atomic E-state index is 12.2. The third-order valence-corrected chi connectivity index (χ3v) is 4.61. The monoisotopic (exact) mass is 439 g/mol. The van der Waals surface area contributed by atoms with Crippen LogP contribution in [0, 0.1) is 0 Å². The molecule has 31 heavy (non-hydrogen) atoms. The predicted molar refractivity (Wildman–Crippen MR) is 121 cm³/mol. The number of carbonyl (C=O) groups is 2. The molecule has 0 fully saturated rings. The molecule has 10 heteroatoms. The number of nitrogens with one attached hydrogen (secondary N) is 2. The number of aromatic nitrogens is 1. The Bertz CT molecular complexity index is 1070. The van der Waals surface area contributed by atoms with Crippen LogP contribution >= 0.6 is 11.3 Å². The number of hydrogen-bond acceptors (Lipinski definition) is 9. The summed E-state index contributed by atoms with van der Waals surface area (Å²) < 4.78 is 10.6. The lowest BCUT2D eigenvalue weighted by Gasteiger charge is -2.10. The Labute approximate surface area is 182 Å². The summed E-state index contributed by atoms with van der Waals surface area (Å²) in [7, 11) is 0. The summed E-state index contributed by atoms with van der Waals surface area (Å²) >= 11 is 1.34. The van der Waals surface area contributed by atoms with Gasteiger partial charge in [0.15, 0.2) is 6.61 Å². The Morgan fingerprint density at radius 1 is 1.19 bits per heavy atom. The molecular weight excluding hydrogens is 418 g/mol. The van der Waals surface area contributed by atoms with Gasteiger partial charge in [-0.05, 0) is 43.3 Å². The van der Waals surface area contributed by atoms with Crippen LogP contribution in [0.15, 0.2) is 59.0 Å². The summed E-state index contributed by atoms with van der Waals surface area (Å²) in [5.74, 6) is 0.175. The summed E-state index contributed by atoms with van der Waals surface area (Å²) in [6, 6.07) is 13.6. The SMILES string of the molecule is CCOC(=O)c1ccc(NC(=O)COc2ccccc2C=NNc2nc(N)cs2)cc1. The molecule has 0 aliphatic heterocycles. The van der Waals surface area contributed by atoms with Crippen molar-refractivity contribution in [1.29, 1.82) is 0 Å². The van der Waals surface area contributed by atoms with E-state index in [1.807, 2.05) is 12.1 Å². The number of esters is 1. The lowest BCUT2D eigenvalue weighted by atomic mass is 10.2. The number of nitrogen functional groups attached to an aromatic ring is 1. The molecule has 0 saturated carbocycles. The number of anilines is 3. The highest BCUT2D eigenvalue weighted by Crippen LogP contribution is 2.18. The van der Waals surface area contributed by atoms with Gasteiger partial charge in [0.05, 0.1) is 18.4 Å². The lowest BCUT2D eigenvalue weighted by molar-refractivity contribution is -0.118. The van der Waals surface area contributed by atoms with E-state index in [0.29, 0.717) is 40.1 Å². The van der Waals surface area contributed by atoms with Crippen LogP contribution in [-0.4, -0.2) is 36.3 Å². The fraction of sp³-hybridized carbons (Fsp3) is 0.143. The Balaban J connectivity index is 1.53. The first-order chi connectivity index (χ1) is 15.0. The first kappa shape index (κ1) is 21.8. The quantitative estimate of drug-likeness (QED) is 0.265. The molecule has 0 aliphatic rings. The van der Waals surface area contributed by atoms with Crippen LogP contribution in [0.1, 0.15) is 22.8 Å². The summed E-state index contributed by atoms with van der Waals surface area (Å²) in [6.45, 7) is 1.85. The molecule has 0 spiro atoms. The number of para-hydroxylation sites is 1. The fourth-order valence-corrected chi connectivity index (χ4v) is 3.01. The van der Waals surface area contributed by atoms with Gasteiger partial charge in [0.25, 0.3) is 5.91 Å². The normalized spacial score (nSPS) is 10.6. The number of thiazole rings is 1. The molecular formula is C21H21N5O4S.